The zero-order chi connectivity index (χ0) is 13.0. The molecule has 0 aliphatic rings. The first-order chi connectivity index (χ1) is 8.76. The molecular weight excluding hydrogens is 226 g/mol. The highest BCUT2D eigenvalue weighted by molar-refractivity contribution is 5.57. The van der Waals surface area contributed by atoms with E-state index in [1.54, 1.807) is 12.5 Å². The summed E-state index contributed by atoms with van der Waals surface area (Å²) in [4.78, 5) is 6.36. The minimum atomic E-state index is 0.620. The maximum atomic E-state index is 9.23. The summed E-state index contributed by atoms with van der Waals surface area (Å²) in [7, 11) is 0. The van der Waals surface area contributed by atoms with Crippen LogP contribution in [0.15, 0.2) is 35.1 Å². The zero-order valence-electron chi connectivity index (χ0n) is 10.6. The summed E-state index contributed by atoms with van der Waals surface area (Å²) in [5, 5.41) is 9.23. The molecule has 0 saturated carbocycles. The Balaban J connectivity index is 2.33. The smallest absolute Gasteiger partial charge is 0.147 e. The zero-order valence-corrected chi connectivity index (χ0v) is 10.6. The number of nitriles is 1. The van der Waals surface area contributed by atoms with Gasteiger partial charge >= 0.3 is 0 Å². The molecule has 2 aromatic rings. The molecule has 0 fully saturated rings. The van der Waals surface area contributed by atoms with Crippen molar-refractivity contribution in [3.8, 4) is 6.07 Å². The first-order valence-electron chi connectivity index (χ1n) is 5.89. The second-order valence-corrected chi connectivity index (χ2v) is 4.03. The van der Waals surface area contributed by atoms with Crippen LogP contribution in [0.2, 0.25) is 0 Å². The van der Waals surface area contributed by atoms with E-state index < -0.39 is 0 Å². The number of hydrogen-bond donors (Lipinski definition) is 0. The van der Waals surface area contributed by atoms with E-state index in [9.17, 15) is 5.26 Å². The van der Waals surface area contributed by atoms with Gasteiger partial charge in [0.2, 0.25) is 0 Å². The highest BCUT2D eigenvalue weighted by Gasteiger charge is 2.14. The maximum absolute atomic E-state index is 9.23. The Kier molecular flexibility index (Phi) is 3.63. The lowest BCUT2D eigenvalue weighted by atomic mass is 10.1. The lowest BCUT2D eigenvalue weighted by Gasteiger charge is -2.22. The van der Waals surface area contributed by atoms with Gasteiger partial charge in [-0.15, -0.1) is 0 Å². The van der Waals surface area contributed by atoms with E-state index >= 15 is 0 Å². The largest absolute Gasteiger partial charge is 0.467 e. The van der Waals surface area contributed by atoms with Crippen LogP contribution in [0.4, 0.5) is 5.82 Å². The van der Waals surface area contributed by atoms with Crippen molar-refractivity contribution < 1.29 is 4.42 Å². The first kappa shape index (κ1) is 12.2. The number of aryl methyl sites for hydroxylation is 1. The standard InChI is InChI=1S/C14H15N3O/c1-3-17(10-12-5-4-8-18-12)14-13(9-15)11(2)6-7-16-14/h4-8H,3,10H2,1-2H3. The normalized spacial score (nSPS) is 10.1. The lowest BCUT2D eigenvalue weighted by Crippen LogP contribution is -2.24. The van der Waals surface area contributed by atoms with Crippen LogP contribution in [0.3, 0.4) is 0 Å². The molecule has 0 radical (unpaired) electrons. The monoisotopic (exact) mass is 241 g/mol. The van der Waals surface area contributed by atoms with Gasteiger partial charge in [-0.3, -0.25) is 0 Å². The van der Waals surface area contributed by atoms with Gasteiger partial charge in [0.05, 0.1) is 18.4 Å². The molecule has 0 aliphatic carbocycles. The van der Waals surface area contributed by atoms with E-state index in [0.29, 0.717) is 12.1 Å². The number of nitrogens with zero attached hydrogens (tertiary/aromatic N) is 3. The second-order valence-electron chi connectivity index (χ2n) is 4.03. The van der Waals surface area contributed by atoms with Crippen LogP contribution in [0.5, 0.6) is 0 Å². The minimum absolute atomic E-state index is 0.620. The predicted molar refractivity (Wildman–Crippen MR) is 69.1 cm³/mol. The molecule has 0 aliphatic heterocycles. The van der Waals surface area contributed by atoms with Gasteiger partial charge in [0.15, 0.2) is 0 Å². The van der Waals surface area contributed by atoms with Gasteiger partial charge in [0.1, 0.15) is 17.6 Å². The van der Waals surface area contributed by atoms with Gasteiger partial charge in [-0.05, 0) is 37.6 Å². The highest BCUT2D eigenvalue weighted by Crippen LogP contribution is 2.21. The van der Waals surface area contributed by atoms with Crippen molar-refractivity contribution in [2.45, 2.75) is 20.4 Å². The third-order valence-corrected chi connectivity index (χ3v) is 2.86. The maximum Gasteiger partial charge on any atom is 0.147 e. The van der Waals surface area contributed by atoms with E-state index in [0.717, 1.165) is 23.7 Å². The van der Waals surface area contributed by atoms with E-state index in [1.807, 2.05) is 36.9 Å². The summed E-state index contributed by atoms with van der Waals surface area (Å²) >= 11 is 0. The number of furan rings is 1. The van der Waals surface area contributed by atoms with Crippen LogP contribution in [-0.2, 0) is 6.54 Å². The van der Waals surface area contributed by atoms with Gasteiger partial charge in [-0.25, -0.2) is 4.98 Å². The molecule has 0 aromatic carbocycles. The topological polar surface area (TPSA) is 53.1 Å². The SMILES string of the molecule is CCN(Cc1ccco1)c1nccc(C)c1C#N. The number of aromatic nitrogens is 1. The molecule has 0 unspecified atom stereocenters. The summed E-state index contributed by atoms with van der Waals surface area (Å²) in [6.45, 7) is 5.35. The van der Waals surface area contributed by atoms with E-state index in [-0.39, 0.29) is 0 Å². The number of pyridine rings is 1. The van der Waals surface area contributed by atoms with Crippen LogP contribution < -0.4 is 4.90 Å². The quantitative estimate of drug-likeness (QED) is 0.825. The first-order valence-corrected chi connectivity index (χ1v) is 5.89. The molecule has 0 amide bonds. The fourth-order valence-corrected chi connectivity index (χ4v) is 1.85. The fourth-order valence-electron chi connectivity index (χ4n) is 1.85. The van der Waals surface area contributed by atoms with Crippen molar-refractivity contribution in [3.63, 3.8) is 0 Å². The molecule has 4 nitrogen and oxygen atoms in total. The Morgan fingerprint density at radius 2 is 2.28 bits per heavy atom. The van der Waals surface area contributed by atoms with Crippen molar-refractivity contribution in [1.82, 2.24) is 4.98 Å². The van der Waals surface area contributed by atoms with Crippen LogP contribution in [0.25, 0.3) is 0 Å². The number of rotatable bonds is 4. The Morgan fingerprint density at radius 1 is 1.44 bits per heavy atom. The second kappa shape index (κ2) is 5.37. The average molecular weight is 241 g/mol. The molecule has 2 heterocycles. The molecule has 0 spiro atoms. The van der Waals surface area contributed by atoms with Crippen LogP contribution in [0, 0.1) is 18.3 Å². The lowest BCUT2D eigenvalue weighted by molar-refractivity contribution is 0.503. The van der Waals surface area contributed by atoms with Crippen molar-refractivity contribution in [2.24, 2.45) is 0 Å². The van der Waals surface area contributed by atoms with Gasteiger partial charge < -0.3 is 9.32 Å². The van der Waals surface area contributed by atoms with Gasteiger partial charge in [0, 0.05) is 12.7 Å². The Hall–Kier alpha value is -2.28. The van der Waals surface area contributed by atoms with Crippen molar-refractivity contribution in [1.29, 1.82) is 5.26 Å². The highest BCUT2D eigenvalue weighted by atomic mass is 16.3. The molecular formula is C14H15N3O. The van der Waals surface area contributed by atoms with Crippen molar-refractivity contribution >= 4 is 5.82 Å². The molecule has 0 atom stereocenters. The summed E-state index contributed by atoms with van der Waals surface area (Å²) in [6, 6.07) is 7.85. The summed E-state index contributed by atoms with van der Waals surface area (Å²) in [6.07, 6.45) is 3.38. The molecule has 92 valence electrons. The van der Waals surface area contributed by atoms with Gasteiger partial charge in [0.25, 0.3) is 0 Å². The van der Waals surface area contributed by atoms with Gasteiger partial charge in [-0.2, -0.15) is 5.26 Å². The summed E-state index contributed by atoms with van der Waals surface area (Å²) in [5.41, 5.74) is 1.58. The third kappa shape index (κ3) is 2.35. The molecule has 0 N–H and O–H groups in total. The van der Waals surface area contributed by atoms with Crippen molar-refractivity contribution in [3.05, 3.63) is 47.5 Å². The average Bonchev–Trinajstić information content (AvgIpc) is 2.88. The van der Waals surface area contributed by atoms with Crippen LogP contribution >= 0.6 is 0 Å². The molecule has 2 aromatic heterocycles. The van der Waals surface area contributed by atoms with Crippen molar-refractivity contribution in [2.75, 3.05) is 11.4 Å². The predicted octanol–water partition coefficient (Wildman–Crippen LogP) is 2.88. The number of hydrogen-bond acceptors (Lipinski definition) is 4. The molecule has 18 heavy (non-hydrogen) atoms. The van der Waals surface area contributed by atoms with Gasteiger partial charge in [-0.1, -0.05) is 0 Å². The molecule has 2 rings (SSSR count). The van der Waals surface area contributed by atoms with E-state index in [1.165, 1.54) is 0 Å². The summed E-state index contributed by atoms with van der Waals surface area (Å²) < 4.78 is 5.34. The molecule has 4 heteroatoms. The van der Waals surface area contributed by atoms with Crippen LogP contribution in [-0.4, -0.2) is 11.5 Å². The molecule has 0 bridgehead atoms. The Bertz CT molecular complexity index is 555. The Morgan fingerprint density at radius 3 is 2.89 bits per heavy atom. The minimum Gasteiger partial charge on any atom is -0.467 e. The summed E-state index contributed by atoms with van der Waals surface area (Å²) in [5.74, 6) is 1.58. The number of anilines is 1. The third-order valence-electron chi connectivity index (χ3n) is 2.86. The van der Waals surface area contributed by atoms with E-state index in [4.69, 9.17) is 4.42 Å². The molecule has 0 saturated heterocycles. The Labute approximate surface area is 106 Å². The fraction of sp³-hybridized carbons (Fsp3) is 0.286. The van der Waals surface area contributed by atoms with E-state index in [2.05, 4.69) is 11.1 Å². The van der Waals surface area contributed by atoms with Crippen LogP contribution in [0.1, 0.15) is 23.8 Å².